The molecule has 240 valence electrons. The normalized spacial score (nSPS) is 46.7. The number of hydrogen-bond donors (Lipinski definition) is 1. The maximum absolute atomic E-state index is 13.9. The lowest BCUT2D eigenvalue weighted by molar-refractivity contribution is -0.256. The van der Waals surface area contributed by atoms with Crippen molar-refractivity contribution < 1.29 is 23.9 Å². The summed E-state index contributed by atoms with van der Waals surface area (Å²) in [5, 5.41) is 3.23. The Morgan fingerprint density at radius 3 is 2.19 bits per heavy atom. The first-order valence-electron chi connectivity index (χ1n) is 17.0. The topological polar surface area (TPSA) is 81.7 Å². The summed E-state index contributed by atoms with van der Waals surface area (Å²) in [6, 6.07) is 0. The van der Waals surface area contributed by atoms with Crippen molar-refractivity contribution in [1.82, 2.24) is 5.32 Å². The van der Waals surface area contributed by atoms with Gasteiger partial charge in [-0.1, -0.05) is 45.9 Å². The standard InChI is InChI=1S/C37H57NO5/c1-10-21-38-32(41)37-18-13-26(23(2)3)31(37)27-11-12-29-33(6)16-15-30(43-25(5)40)34(7,22-42-24(4)39)28(33)14-17-36(29,9)35(27,8)19-20-37/h10,26-31H,1-2,11-22H2,3-9H3,(H,38,41)/t26-,27?,28?,29?,30-,31?,33-,34-,35+,36+,37-/m0/s1. The Morgan fingerprint density at radius 1 is 0.837 bits per heavy atom. The lowest BCUT2D eigenvalue weighted by atomic mass is 9.32. The van der Waals surface area contributed by atoms with Crippen LogP contribution in [0.1, 0.15) is 113 Å². The minimum atomic E-state index is -0.426. The molecule has 0 saturated heterocycles. The molecule has 0 heterocycles. The zero-order valence-corrected chi connectivity index (χ0v) is 28.0. The van der Waals surface area contributed by atoms with Crippen LogP contribution < -0.4 is 5.32 Å². The van der Waals surface area contributed by atoms with Crippen molar-refractivity contribution in [2.24, 2.45) is 56.7 Å². The van der Waals surface area contributed by atoms with E-state index in [2.05, 4.69) is 53.1 Å². The Hall–Kier alpha value is -2.11. The molecule has 0 radical (unpaired) electrons. The second-order valence-corrected chi connectivity index (χ2v) is 16.3. The molecular formula is C37H57NO5. The van der Waals surface area contributed by atoms with E-state index in [1.54, 1.807) is 6.08 Å². The number of ether oxygens (including phenoxy) is 2. The number of fused-ring (bicyclic) bond motifs is 7. The summed E-state index contributed by atoms with van der Waals surface area (Å²) in [6.07, 6.45) is 11.8. The molecule has 5 aliphatic rings. The van der Waals surface area contributed by atoms with Crippen LogP contribution >= 0.6 is 0 Å². The van der Waals surface area contributed by atoms with Crippen LogP contribution in [0.2, 0.25) is 0 Å². The number of carbonyl (C=O) groups excluding carboxylic acids is 3. The highest BCUT2D eigenvalue weighted by Crippen LogP contribution is 2.77. The van der Waals surface area contributed by atoms with E-state index in [0.717, 1.165) is 64.2 Å². The summed E-state index contributed by atoms with van der Waals surface area (Å²) in [5.74, 6) is 1.68. The average Bonchev–Trinajstić information content (AvgIpc) is 3.34. The van der Waals surface area contributed by atoms with Gasteiger partial charge in [0, 0.05) is 25.8 Å². The van der Waals surface area contributed by atoms with Crippen molar-refractivity contribution in [1.29, 1.82) is 0 Å². The number of amides is 1. The van der Waals surface area contributed by atoms with Gasteiger partial charge in [0.1, 0.15) is 12.7 Å². The van der Waals surface area contributed by atoms with Gasteiger partial charge in [0.25, 0.3) is 0 Å². The number of rotatable bonds is 7. The molecule has 6 nitrogen and oxygen atoms in total. The van der Waals surface area contributed by atoms with Crippen LogP contribution in [0.5, 0.6) is 0 Å². The van der Waals surface area contributed by atoms with E-state index in [0.29, 0.717) is 30.2 Å². The molecule has 5 rings (SSSR count). The smallest absolute Gasteiger partial charge is 0.302 e. The van der Waals surface area contributed by atoms with Crippen molar-refractivity contribution in [3.05, 3.63) is 24.8 Å². The third-order valence-corrected chi connectivity index (χ3v) is 14.6. The quantitative estimate of drug-likeness (QED) is 0.245. The third kappa shape index (κ3) is 4.66. The molecule has 5 saturated carbocycles. The van der Waals surface area contributed by atoms with Crippen LogP contribution in [-0.4, -0.2) is 37.1 Å². The Bertz CT molecular complexity index is 1180. The molecule has 0 aromatic rings. The minimum Gasteiger partial charge on any atom is -0.465 e. The number of nitrogens with one attached hydrogen (secondary N) is 1. The number of esters is 2. The zero-order valence-electron chi connectivity index (χ0n) is 28.0. The lowest BCUT2D eigenvalue weighted by Crippen LogP contribution is -2.68. The molecule has 4 unspecified atom stereocenters. The van der Waals surface area contributed by atoms with Gasteiger partial charge in [-0.05, 0) is 117 Å². The van der Waals surface area contributed by atoms with E-state index in [4.69, 9.17) is 9.47 Å². The lowest BCUT2D eigenvalue weighted by Gasteiger charge is -2.73. The largest absolute Gasteiger partial charge is 0.465 e. The van der Waals surface area contributed by atoms with Gasteiger partial charge in [-0.25, -0.2) is 0 Å². The van der Waals surface area contributed by atoms with E-state index in [9.17, 15) is 14.4 Å². The van der Waals surface area contributed by atoms with Crippen LogP contribution in [0.4, 0.5) is 0 Å². The fourth-order valence-electron chi connectivity index (χ4n) is 12.5. The van der Waals surface area contributed by atoms with Crippen LogP contribution in [0.25, 0.3) is 0 Å². The van der Waals surface area contributed by atoms with Crippen molar-refractivity contribution in [3.8, 4) is 0 Å². The molecule has 0 aromatic carbocycles. The predicted octanol–water partition coefficient (Wildman–Crippen LogP) is 7.42. The van der Waals surface area contributed by atoms with Gasteiger partial charge in [0.2, 0.25) is 5.91 Å². The molecule has 0 aliphatic heterocycles. The second-order valence-electron chi connectivity index (χ2n) is 16.3. The van der Waals surface area contributed by atoms with Crippen molar-refractivity contribution in [2.45, 2.75) is 119 Å². The first kappa shape index (κ1) is 32.3. The first-order chi connectivity index (χ1) is 20.1. The number of carbonyl (C=O) groups is 3. The van der Waals surface area contributed by atoms with Gasteiger partial charge in [-0.2, -0.15) is 0 Å². The van der Waals surface area contributed by atoms with Crippen molar-refractivity contribution in [2.75, 3.05) is 13.2 Å². The summed E-state index contributed by atoms with van der Waals surface area (Å²) in [6.45, 7) is 24.1. The highest BCUT2D eigenvalue weighted by atomic mass is 16.6. The van der Waals surface area contributed by atoms with Crippen molar-refractivity contribution >= 4 is 17.8 Å². The molecule has 1 amide bonds. The summed E-state index contributed by atoms with van der Waals surface area (Å²) in [7, 11) is 0. The summed E-state index contributed by atoms with van der Waals surface area (Å²) >= 11 is 0. The highest BCUT2D eigenvalue weighted by molar-refractivity contribution is 5.84. The Labute approximate surface area is 260 Å². The summed E-state index contributed by atoms with van der Waals surface area (Å²) < 4.78 is 11.7. The summed E-state index contributed by atoms with van der Waals surface area (Å²) in [4.78, 5) is 38.1. The van der Waals surface area contributed by atoms with E-state index in [-0.39, 0.29) is 58.1 Å². The van der Waals surface area contributed by atoms with Gasteiger partial charge in [-0.3, -0.25) is 14.4 Å². The van der Waals surface area contributed by atoms with E-state index in [1.807, 2.05) is 0 Å². The maximum Gasteiger partial charge on any atom is 0.302 e. The van der Waals surface area contributed by atoms with E-state index >= 15 is 0 Å². The fraction of sp³-hybridized carbons (Fsp3) is 0.811. The van der Waals surface area contributed by atoms with E-state index < -0.39 is 5.41 Å². The fourth-order valence-corrected chi connectivity index (χ4v) is 12.5. The van der Waals surface area contributed by atoms with Crippen molar-refractivity contribution in [3.63, 3.8) is 0 Å². The first-order valence-corrected chi connectivity index (χ1v) is 17.0. The molecule has 6 heteroatoms. The van der Waals surface area contributed by atoms with Gasteiger partial charge >= 0.3 is 11.9 Å². The zero-order chi connectivity index (χ0) is 31.6. The van der Waals surface area contributed by atoms with Crippen LogP contribution in [0.3, 0.4) is 0 Å². The average molecular weight is 596 g/mol. The minimum absolute atomic E-state index is 0.0475. The SMILES string of the molecule is C=CCNC(=O)[C@]12CC[C@@H](C(=C)C)C1C1CCC3[C@@]4(C)CC[C@H](OC(C)=O)[C@@](C)(COC(C)=O)C4CC[C@@]3(C)[C@]1(C)CC2. The van der Waals surface area contributed by atoms with Gasteiger partial charge in [0.15, 0.2) is 0 Å². The molecule has 1 N–H and O–H groups in total. The monoisotopic (exact) mass is 595 g/mol. The molecule has 0 aromatic heterocycles. The highest BCUT2D eigenvalue weighted by Gasteiger charge is 2.72. The molecular weight excluding hydrogens is 538 g/mol. The number of hydrogen-bond acceptors (Lipinski definition) is 5. The van der Waals surface area contributed by atoms with Crippen LogP contribution in [-0.2, 0) is 23.9 Å². The molecule has 0 spiro atoms. The van der Waals surface area contributed by atoms with Gasteiger partial charge < -0.3 is 14.8 Å². The van der Waals surface area contributed by atoms with Gasteiger partial charge in [0.05, 0.1) is 5.41 Å². The van der Waals surface area contributed by atoms with Crippen LogP contribution in [0, 0.1) is 56.7 Å². The Balaban J connectivity index is 1.52. The number of allylic oxidation sites excluding steroid dienone is 1. The molecule has 5 aliphatic carbocycles. The third-order valence-electron chi connectivity index (χ3n) is 14.6. The maximum atomic E-state index is 13.9. The molecule has 0 bridgehead atoms. The molecule has 43 heavy (non-hydrogen) atoms. The molecule has 5 fully saturated rings. The van der Waals surface area contributed by atoms with Gasteiger partial charge in [-0.15, -0.1) is 6.58 Å². The van der Waals surface area contributed by atoms with E-state index in [1.165, 1.54) is 19.4 Å². The summed E-state index contributed by atoms with van der Waals surface area (Å²) in [5.41, 5.74) is 0.792. The molecule has 11 atom stereocenters. The predicted molar refractivity (Wildman–Crippen MR) is 169 cm³/mol. The Kier molecular flexibility index (Phi) is 8.30. The Morgan fingerprint density at radius 2 is 1.56 bits per heavy atom. The van der Waals surface area contributed by atoms with Crippen LogP contribution in [0.15, 0.2) is 24.8 Å². The second kappa shape index (κ2) is 11.1.